The van der Waals surface area contributed by atoms with E-state index in [1.54, 1.807) is 4.90 Å². The molecule has 4 nitrogen and oxygen atoms in total. The van der Waals surface area contributed by atoms with Gasteiger partial charge in [-0.1, -0.05) is 32.9 Å². The average molecular weight is 323 g/mol. The first-order valence-electron chi connectivity index (χ1n) is 7.68. The first-order chi connectivity index (χ1) is 10.1. The average Bonchev–Trinajstić information content (AvgIpc) is 2.45. The van der Waals surface area contributed by atoms with Crippen molar-refractivity contribution in [3.05, 3.63) is 35.4 Å². The molecular formula is C17H25NO3S. The Morgan fingerprint density at radius 3 is 2.00 bits per heavy atom. The molecule has 0 aromatic heterocycles. The molecule has 1 amide bonds. The van der Waals surface area contributed by atoms with Crippen LogP contribution in [0.5, 0.6) is 0 Å². The first kappa shape index (κ1) is 17.0. The Kier molecular flexibility index (Phi) is 4.66. The molecule has 1 aromatic carbocycles. The fourth-order valence-corrected chi connectivity index (χ4v) is 3.85. The lowest BCUT2D eigenvalue weighted by atomic mass is 9.86. The van der Waals surface area contributed by atoms with Crippen LogP contribution in [0.1, 0.15) is 49.5 Å². The number of piperidine rings is 1. The molecule has 22 heavy (non-hydrogen) atoms. The Balaban J connectivity index is 2.04. The second-order valence-corrected chi connectivity index (χ2v) is 9.47. The molecule has 1 aliphatic rings. The third-order valence-electron chi connectivity index (χ3n) is 4.33. The van der Waals surface area contributed by atoms with E-state index in [1.807, 2.05) is 24.3 Å². The number of amides is 1. The number of hydrogen-bond acceptors (Lipinski definition) is 3. The van der Waals surface area contributed by atoms with Crippen molar-refractivity contribution in [3.63, 3.8) is 0 Å². The SMILES string of the molecule is CC(C)(C)c1ccc(C(=O)N2CCC(S(C)(=O)=O)CC2)cc1. The number of rotatable bonds is 2. The van der Waals surface area contributed by atoms with Crippen LogP contribution in [0.4, 0.5) is 0 Å². The van der Waals surface area contributed by atoms with Crippen molar-refractivity contribution in [2.24, 2.45) is 0 Å². The van der Waals surface area contributed by atoms with Gasteiger partial charge in [0.05, 0.1) is 5.25 Å². The van der Waals surface area contributed by atoms with Crippen LogP contribution in [0.3, 0.4) is 0 Å². The maximum Gasteiger partial charge on any atom is 0.253 e. The quantitative estimate of drug-likeness (QED) is 0.841. The summed E-state index contributed by atoms with van der Waals surface area (Å²) in [5.41, 5.74) is 1.93. The van der Waals surface area contributed by atoms with Crippen LogP contribution in [-0.4, -0.2) is 43.8 Å². The number of nitrogens with zero attached hydrogens (tertiary/aromatic N) is 1. The Hall–Kier alpha value is -1.36. The third-order valence-corrected chi connectivity index (χ3v) is 6.01. The zero-order valence-corrected chi connectivity index (χ0v) is 14.6. The number of hydrogen-bond donors (Lipinski definition) is 0. The summed E-state index contributed by atoms with van der Waals surface area (Å²) in [7, 11) is -3.00. The van der Waals surface area contributed by atoms with Gasteiger partial charge in [0.1, 0.15) is 9.84 Å². The lowest BCUT2D eigenvalue weighted by molar-refractivity contribution is 0.0725. The lowest BCUT2D eigenvalue weighted by Crippen LogP contribution is -2.42. The molecule has 5 heteroatoms. The van der Waals surface area contributed by atoms with Gasteiger partial charge in [-0.25, -0.2) is 8.42 Å². The topological polar surface area (TPSA) is 54.5 Å². The van der Waals surface area contributed by atoms with Gasteiger partial charge in [0.15, 0.2) is 0 Å². The Labute approximate surface area is 133 Å². The molecule has 1 fully saturated rings. The van der Waals surface area contributed by atoms with E-state index in [9.17, 15) is 13.2 Å². The van der Waals surface area contributed by atoms with Crippen LogP contribution in [0.15, 0.2) is 24.3 Å². The van der Waals surface area contributed by atoms with Crippen molar-refractivity contribution in [1.82, 2.24) is 4.90 Å². The predicted molar refractivity (Wildman–Crippen MR) is 88.9 cm³/mol. The van der Waals surface area contributed by atoms with Gasteiger partial charge in [-0.15, -0.1) is 0 Å². The Morgan fingerprint density at radius 1 is 1.09 bits per heavy atom. The summed E-state index contributed by atoms with van der Waals surface area (Å²) in [4.78, 5) is 14.3. The minimum absolute atomic E-state index is 0.00703. The van der Waals surface area contributed by atoms with Gasteiger partial charge in [-0.2, -0.15) is 0 Å². The maximum atomic E-state index is 12.5. The van der Waals surface area contributed by atoms with Gasteiger partial charge < -0.3 is 4.90 Å². The largest absolute Gasteiger partial charge is 0.339 e. The first-order valence-corrected chi connectivity index (χ1v) is 9.63. The van der Waals surface area contributed by atoms with Crippen molar-refractivity contribution >= 4 is 15.7 Å². The summed E-state index contributed by atoms with van der Waals surface area (Å²) in [6.07, 6.45) is 2.34. The highest BCUT2D eigenvalue weighted by molar-refractivity contribution is 7.91. The van der Waals surface area contributed by atoms with Gasteiger partial charge in [-0.05, 0) is 36.0 Å². The standard InChI is InChI=1S/C17H25NO3S/c1-17(2,3)14-7-5-13(6-8-14)16(19)18-11-9-15(10-12-18)22(4,20)21/h5-8,15H,9-12H2,1-4H3. The molecular weight excluding hydrogens is 298 g/mol. The molecule has 1 heterocycles. The summed E-state index contributed by atoms with van der Waals surface area (Å²) in [6, 6.07) is 7.73. The van der Waals surface area contributed by atoms with Crippen molar-refractivity contribution in [2.75, 3.05) is 19.3 Å². The fraction of sp³-hybridized carbons (Fsp3) is 0.588. The monoisotopic (exact) mass is 323 g/mol. The molecule has 1 aromatic rings. The van der Waals surface area contributed by atoms with E-state index >= 15 is 0 Å². The Bertz CT molecular complexity index is 633. The zero-order chi connectivity index (χ0) is 16.5. The number of sulfone groups is 1. The van der Waals surface area contributed by atoms with Crippen LogP contribution >= 0.6 is 0 Å². The number of carbonyl (C=O) groups is 1. The van der Waals surface area contributed by atoms with Crippen molar-refractivity contribution in [1.29, 1.82) is 0 Å². The maximum absolute atomic E-state index is 12.5. The highest BCUT2D eigenvalue weighted by Crippen LogP contribution is 2.23. The summed E-state index contributed by atoms with van der Waals surface area (Å²) in [5, 5.41) is -0.306. The normalized spacial score (nSPS) is 17.5. The van der Waals surface area contributed by atoms with E-state index in [2.05, 4.69) is 20.8 Å². The number of carbonyl (C=O) groups excluding carboxylic acids is 1. The van der Waals surface area contributed by atoms with Crippen LogP contribution in [0, 0.1) is 0 Å². The molecule has 2 rings (SSSR count). The van der Waals surface area contributed by atoms with E-state index in [4.69, 9.17) is 0 Å². The molecule has 0 bridgehead atoms. The highest BCUT2D eigenvalue weighted by atomic mass is 32.2. The minimum Gasteiger partial charge on any atom is -0.339 e. The molecule has 0 aliphatic carbocycles. The van der Waals surface area contributed by atoms with Crippen LogP contribution in [-0.2, 0) is 15.3 Å². The second-order valence-electron chi connectivity index (χ2n) is 7.15. The second kappa shape index (κ2) is 6.03. The van der Waals surface area contributed by atoms with Gasteiger partial charge in [0.25, 0.3) is 5.91 Å². The molecule has 0 radical (unpaired) electrons. The lowest BCUT2D eigenvalue weighted by Gasteiger charge is -2.31. The van der Waals surface area contributed by atoms with Crippen molar-refractivity contribution in [3.8, 4) is 0 Å². The molecule has 0 atom stereocenters. The molecule has 0 saturated carbocycles. The van der Waals surface area contributed by atoms with Gasteiger partial charge in [0, 0.05) is 24.9 Å². The van der Waals surface area contributed by atoms with Crippen LogP contribution in [0.25, 0.3) is 0 Å². The Morgan fingerprint density at radius 2 is 1.59 bits per heavy atom. The summed E-state index contributed by atoms with van der Waals surface area (Å²) in [6.45, 7) is 7.44. The number of benzene rings is 1. The fourth-order valence-electron chi connectivity index (χ4n) is 2.78. The molecule has 0 unspecified atom stereocenters. The van der Waals surface area contributed by atoms with E-state index < -0.39 is 9.84 Å². The van der Waals surface area contributed by atoms with Gasteiger partial charge >= 0.3 is 0 Å². The smallest absolute Gasteiger partial charge is 0.253 e. The number of likely N-dealkylation sites (tertiary alicyclic amines) is 1. The molecule has 122 valence electrons. The zero-order valence-electron chi connectivity index (χ0n) is 13.8. The molecule has 1 aliphatic heterocycles. The van der Waals surface area contributed by atoms with Crippen LogP contribution < -0.4 is 0 Å². The summed E-state index contributed by atoms with van der Waals surface area (Å²) >= 11 is 0. The van der Waals surface area contributed by atoms with E-state index in [1.165, 1.54) is 11.8 Å². The van der Waals surface area contributed by atoms with Crippen LogP contribution in [0.2, 0.25) is 0 Å². The predicted octanol–water partition coefficient (Wildman–Crippen LogP) is 2.63. The van der Waals surface area contributed by atoms with E-state index in [0.29, 0.717) is 31.5 Å². The van der Waals surface area contributed by atoms with Gasteiger partial charge in [-0.3, -0.25) is 4.79 Å². The van der Waals surface area contributed by atoms with Crippen molar-refractivity contribution in [2.45, 2.75) is 44.3 Å². The van der Waals surface area contributed by atoms with Crippen molar-refractivity contribution < 1.29 is 13.2 Å². The van der Waals surface area contributed by atoms with Gasteiger partial charge in [0.2, 0.25) is 0 Å². The molecule has 0 spiro atoms. The summed E-state index contributed by atoms with van der Waals surface area (Å²) in [5.74, 6) is -0.00703. The minimum atomic E-state index is -3.00. The van der Waals surface area contributed by atoms with E-state index in [-0.39, 0.29) is 16.6 Å². The third kappa shape index (κ3) is 3.88. The van der Waals surface area contributed by atoms with E-state index in [0.717, 1.165) is 0 Å². The summed E-state index contributed by atoms with van der Waals surface area (Å²) < 4.78 is 23.1. The highest BCUT2D eigenvalue weighted by Gasteiger charge is 2.29. The molecule has 0 N–H and O–H groups in total. The molecule has 1 saturated heterocycles.